The first-order valence-electron chi connectivity index (χ1n) is 9.01. The second-order valence-corrected chi connectivity index (χ2v) is 9.51. The summed E-state index contributed by atoms with van der Waals surface area (Å²) in [6.07, 6.45) is 0.628. The number of H-pyrrole nitrogens is 1. The molecule has 5 N–H and O–H groups in total. The van der Waals surface area contributed by atoms with Crippen LogP contribution in [-0.2, 0) is 17.6 Å². The van der Waals surface area contributed by atoms with Crippen LogP contribution in [0.5, 0.6) is 0 Å². The molecular weight excluding hydrogens is 408 g/mol. The summed E-state index contributed by atoms with van der Waals surface area (Å²) in [6.45, 7) is -0.456. The highest BCUT2D eigenvalue weighted by molar-refractivity contribution is 7.99. The number of aryl methyl sites for hydroxylation is 2. The van der Waals surface area contributed by atoms with Gasteiger partial charge in [-0.05, 0) is 31.2 Å². The molecule has 2 aromatic heterocycles. The topological polar surface area (TPSA) is 119 Å². The lowest BCUT2D eigenvalue weighted by molar-refractivity contribution is -0.205. The molecule has 1 aliphatic heterocycles. The first-order valence-corrected chi connectivity index (χ1v) is 11.1. The maximum atomic E-state index is 10.2. The molecule has 4 rings (SSSR count). The van der Waals surface area contributed by atoms with Crippen LogP contribution < -0.4 is 0 Å². The third kappa shape index (κ3) is 3.69. The van der Waals surface area contributed by atoms with Crippen molar-refractivity contribution in [3.05, 3.63) is 15.1 Å². The van der Waals surface area contributed by atoms with Crippen LogP contribution in [0.1, 0.15) is 29.7 Å². The number of aromatic amines is 1. The highest BCUT2D eigenvalue weighted by Crippen LogP contribution is 2.37. The van der Waals surface area contributed by atoms with Crippen LogP contribution in [-0.4, -0.2) is 66.9 Å². The summed E-state index contributed by atoms with van der Waals surface area (Å²) >= 11 is 8.34. The van der Waals surface area contributed by atoms with Gasteiger partial charge in [-0.1, -0.05) is 30.4 Å². The third-order valence-corrected chi connectivity index (χ3v) is 7.66. The number of fused-ring (bicyclic) bond motifs is 3. The second-order valence-electron chi connectivity index (χ2n) is 6.93. The molecule has 10 heteroatoms. The zero-order chi connectivity index (χ0) is 19.1. The Morgan fingerprint density at radius 1 is 1.15 bits per heavy atom. The maximum Gasteiger partial charge on any atom is 0.170 e. The Labute approximate surface area is 169 Å². The molecule has 5 atom stereocenters. The second kappa shape index (κ2) is 8.03. The van der Waals surface area contributed by atoms with Gasteiger partial charge in [0.25, 0.3) is 0 Å². The van der Waals surface area contributed by atoms with Gasteiger partial charge in [-0.25, -0.2) is 4.98 Å². The van der Waals surface area contributed by atoms with E-state index in [0.717, 1.165) is 41.2 Å². The monoisotopic (exact) mass is 430 g/mol. The molecule has 0 aromatic carbocycles. The molecule has 3 heterocycles. The first-order chi connectivity index (χ1) is 13.0. The Kier molecular flexibility index (Phi) is 5.87. The molecule has 0 spiro atoms. The van der Waals surface area contributed by atoms with E-state index in [4.69, 9.17) is 17.0 Å². The van der Waals surface area contributed by atoms with Gasteiger partial charge in [-0.15, -0.1) is 11.3 Å². The average Bonchev–Trinajstić information content (AvgIpc) is 2.84. The zero-order valence-corrected chi connectivity index (χ0v) is 16.9. The number of ether oxygens (including phenoxy) is 1. The van der Waals surface area contributed by atoms with Crippen molar-refractivity contribution in [2.24, 2.45) is 0 Å². The highest BCUT2D eigenvalue weighted by atomic mass is 32.2. The van der Waals surface area contributed by atoms with E-state index in [0.29, 0.717) is 9.80 Å². The number of nitrogens with zero attached hydrogens (tertiary/aromatic N) is 1. The summed E-state index contributed by atoms with van der Waals surface area (Å²) in [5.41, 5.74) is 0.430. The molecule has 148 valence electrons. The summed E-state index contributed by atoms with van der Waals surface area (Å²) in [7, 11) is 0. The number of hydrogen-bond donors (Lipinski definition) is 5. The molecule has 2 aliphatic rings. The van der Waals surface area contributed by atoms with Crippen LogP contribution in [0.3, 0.4) is 0 Å². The van der Waals surface area contributed by atoms with Gasteiger partial charge in [-0.3, -0.25) is 0 Å². The number of rotatable bonds is 3. The molecule has 0 saturated carbocycles. The largest absolute Gasteiger partial charge is 0.394 e. The number of nitrogens with one attached hydrogen (secondary N) is 1. The molecule has 1 saturated heterocycles. The van der Waals surface area contributed by atoms with Crippen molar-refractivity contribution in [2.45, 2.75) is 67.1 Å². The van der Waals surface area contributed by atoms with Gasteiger partial charge in [0.1, 0.15) is 39.3 Å². The summed E-state index contributed by atoms with van der Waals surface area (Å²) < 4.78 is 6.16. The van der Waals surface area contributed by atoms with Crippen LogP contribution in [0.15, 0.2) is 5.16 Å². The van der Waals surface area contributed by atoms with Crippen LogP contribution in [0, 0.1) is 4.64 Å². The third-order valence-electron chi connectivity index (χ3n) is 5.13. The Morgan fingerprint density at radius 2 is 1.93 bits per heavy atom. The summed E-state index contributed by atoms with van der Waals surface area (Å²) in [5, 5.41) is 40.9. The fourth-order valence-corrected chi connectivity index (χ4v) is 6.45. The number of aliphatic hydroxyl groups is 4. The van der Waals surface area contributed by atoms with Gasteiger partial charge in [0.15, 0.2) is 5.16 Å². The molecule has 2 aromatic rings. The Balaban J connectivity index is 1.64. The van der Waals surface area contributed by atoms with Crippen molar-refractivity contribution < 1.29 is 25.2 Å². The van der Waals surface area contributed by atoms with E-state index in [1.54, 1.807) is 11.3 Å². The molecule has 7 nitrogen and oxygen atoms in total. The van der Waals surface area contributed by atoms with E-state index in [9.17, 15) is 20.4 Å². The molecule has 27 heavy (non-hydrogen) atoms. The zero-order valence-electron chi connectivity index (χ0n) is 14.5. The van der Waals surface area contributed by atoms with E-state index in [1.807, 2.05) is 0 Å². The molecule has 0 amide bonds. The minimum atomic E-state index is -1.40. The van der Waals surface area contributed by atoms with Crippen molar-refractivity contribution in [2.75, 3.05) is 6.61 Å². The smallest absolute Gasteiger partial charge is 0.170 e. The molecule has 1 aliphatic carbocycles. The van der Waals surface area contributed by atoms with Gasteiger partial charge < -0.3 is 30.1 Å². The normalized spacial score (nSPS) is 31.6. The highest BCUT2D eigenvalue weighted by Gasteiger charge is 2.44. The number of aliphatic hydroxyl groups excluding tert-OH is 4. The van der Waals surface area contributed by atoms with Crippen molar-refractivity contribution in [3.8, 4) is 0 Å². The van der Waals surface area contributed by atoms with Crippen molar-refractivity contribution in [1.82, 2.24) is 9.97 Å². The predicted octanol–water partition coefficient (Wildman–Crippen LogP) is 1.51. The minimum absolute atomic E-state index is 0.456. The SMILES string of the molecule is OC[C@H]1O[C@@H](Sc2nc3sc4c(c3c(=S)[nH]2)CCCCC4)[C@H](O)[C@@H](O)[C@@H]1O. The van der Waals surface area contributed by atoms with E-state index < -0.39 is 36.5 Å². The van der Waals surface area contributed by atoms with Crippen LogP contribution >= 0.6 is 35.3 Å². The predicted molar refractivity (Wildman–Crippen MR) is 106 cm³/mol. The van der Waals surface area contributed by atoms with E-state index in [-0.39, 0.29) is 0 Å². The van der Waals surface area contributed by atoms with Crippen LogP contribution in [0.25, 0.3) is 10.2 Å². The average molecular weight is 431 g/mol. The molecular formula is C17H22N2O5S3. The Morgan fingerprint density at radius 3 is 2.70 bits per heavy atom. The van der Waals surface area contributed by atoms with Crippen molar-refractivity contribution >= 4 is 45.5 Å². The molecule has 0 unspecified atom stereocenters. The minimum Gasteiger partial charge on any atom is -0.394 e. The lowest BCUT2D eigenvalue weighted by Gasteiger charge is -2.39. The number of thioether (sulfide) groups is 1. The fraction of sp³-hybridized carbons (Fsp3) is 0.647. The summed E-state index contributed by atoms with van der Waals surface area (Å²) in [5.74, 6) is 0. The van der Waals surface area contributed by atoms with Gasteiger partial charge in [0, 0.05) is 10.3 Å². The number of thiophene rings is 1. The standard InChI is InChI=1S/C17H22N2O5S3/c20-6-8-11(21)12(22)13(23)16(24-8)27-17-18-14(25)10-7-4-2-1-3-5-9(7)26-15(10)19-17/h8,11-13,16,20-23H,1-6H2,(H,18,19,25)/t8-,11-,12+,13-,16+/m1/s1. The van der Waals surface area contributed by atoms with Gasteiger partial charge in [-0.2, -0.15) is 0 Å². The maximum absolute atomic E-state index is 10.2. The lowest BCUT2D eigenvalue weighted by Crippen LogP contribution is -2.57. The fourth-order valence-electron chi connectivity index (χ4n) is 3.65. The van der Waals surface area contributed by atoms with Crippen LogP contribution in [0.2, 0.25) is 0 Å². The first kappa shape index (κ1) is 19.7. The lowest BCUT2D eigenvalue weighted by atomic mass is 10.0. The van der Waals surface area contributed by atoms with E-state index >= 15 is 0 Å². The van der Waals surface area contributed by atoms with Gasteiger partial charge >= 0.3 is 0 Å². The van der Waals surface area contributed by atoms with Crippen molar-refractivity contribution in [3.63, 3.8) is 0 Å². The van der Waals surface area contributed by atoms with E-state index in [1.165, 1.54) is 23.3 Å². The van der Waals surface area contributed by atoms with E-state index in [2.05, 4.69) is 9.97 Å². The van der Waals surface area contributed by atoms with Crippen molar-refractivity contribution in [1.29, 1.82) is 0 Å². The summed E-state index contributed by atoms with van der Waals surface area (Å²) in [6, 6.07) is 0. The quantitative estimate of drug-likeness (QED) is 0.283. The Bertz CT molecular complexity index is 883. The van der Waals surface area contributed by atoms with Crippen LogP contribution in [0.4, 0.5) is 0 Å². The number of hydrogen-bond acceptors (Lipinski definition) is 9. The molecule has 0 bridgehead atoms. The number of aromatic nitrogens is 2. The molecule has 0 radical (unpaired) electrons. The summed E-state index contributed by atoms with van der Waals surface area (Å²) in [4.78, 5) is 9.99. The Hall–Kier alpha value is -0.590. The van der Waals surface area contributed by atoms with Gasteiger partial charge in [0.2, 0.25) is 0 Å². The van der Waals surface area contributed by atoms with Gasteiger partial charge in [0.05, 0.1) is 6.61 Å². The molecule has 1 fully saturated rings.